The lowest BCUT2D eigenvalue weighted by Gasteiger charge is -2.34. The summed E-state index contributed by atoms with van der Waals surface area (Å²) in [5.74, 6) is 1.74. The summed E-state index contributed by atoms with van der Waals surface area (Å²) in [6, 6.07) is 6.00. The topological polar surface area (TPSA) is 57.2 Å². The Labute approximate surface area is 124 Å². The van der Waals surface area contributed by atoms with Crippen LogP contribution in [-0.2, 0) is 6.54 Å². The predicted octanol–water partition coefficient (Wildman–Crippen LogP) is 1.24. The Hall–Kier alpha value is -2.21. The molecule has 6 heteroatoms. The van der Waals surface area contributed by atoms with Crippen molar-refractivity contribution in [2.24, 2.45) is 0 Å². The Bertz CT molecular complexity index is 548. The van der Waals surface area contributed by atoms with Crippen LogP contribution in [-0.4, -0.2) is 53.1 Å². The van der Waals surface area contributed by atoms with Gasteiger partial charge < -0.3 is 10.2 Å². The van der Waals surface area contributed by atoms with E-state index in [0.717, 1.165) is 44.5 Å². The average molecular weight is 284 g/mol. The molecule has 0 aliphatic carbocycles. The molecule has 0 saturated carbocycles. The van der Waals surface area contributed by atoms with Crippen molar-refractivity contribution in [3.8, 4) is 0 Å². The predicted molar refractivity (Wildman–Crippen MR) is 83.3 cm³/mol. The SMILES string of the molecule is CNc1ccc(CN2CCN(c3ncccn3)CC2)cn1. The monoisotopic (exact) mass is 284 g/mol. The highest BCUT2D eigenvalue weighted by atomic mass is 15.3. The number of nitrogens with zero attached hydrogens (tertiary/aromatic N) is 5. The fourth-order valence-electron chi connectivity index (χ4n) is 2.48. The third kappa shape index (κ3) is 3.46. The van der Waals surface area contributed by atoms with E-state index in [1.165, 1.54) is 5.56 Å². The number of anilines is 2. The van der Waals surface area contributed by atoms with Crippen LogP contribution in [0.2, 0.25) is 0 Å². The maximum Gasteiger partial charge on any atom is 0.225 e. The van der Waals surface area contributed by atoms with Crippen LogP contribution in [0, 0.1) is 0 Å². The number of aromatic nitrogens is 3. The zero-order valence-corrected chi connectivity index (χ0v) is 12.2. The Morgan fingerprint density at radius 2 is 1.81 bits per heavy atom. The fraction of sp³-hybridized carbons (Fsp3) is 0.400. The molecule has 0 spiro atoms. The lowest BCUT2D eigenvalue weighted by molar-refractivity contribution is 0.248. The van der Waals surface area contributed by atoms with Gasteiger partial charge in [-0.3, -0.25) is 4.90 Å². The molecule has 2 aromatic rings. The largest absolute Gasteiger partial charge is 0.373 e. The normalized spacial score (nSPS) is 16.0. The third-order valence-electron chi connectivity index (χ3n) is 3.69. The highest BCUT2D eigenvalue weighted by molar-refractivity contribution is 5.34. The van der Waals surface area contributed by atoms with Gasteiger partial charge in [0.25, 0.3) is 0 Å². The van der Waals surface area contributed by atoms with Gasteiger partial charge in [-0.2, -0.15) is 0 Å². The van der Waals surface area contributed by atoms with Gasteiger partial charge in [0.05, 0.1) is 0 Å². The molecular formula is C15H20N6. The molecule has 0 bridgehead atoms. The fourth-order valence-corrected chi connectivity index (χ4v) is 2.48. The standard InChI is InChI=1S/C15H20N6/c1-16-14-4-3-13(11-19-14)12-20-7-9-21(10-8-20)15-17-5-2-6-18-15/h2-6,11H,7-10,12H2,1H3,(H,16,19). The second kappa shape index (κ2) is 6.49. The second-order valence-corrected chi connectivity index (χ2v) is 5.11. The Morgan fingerprint density at radius 1 is 1.05 bits per heavy atom. The lowest BCUT2D eigenvalue weighted by atomic mass is 10.2. The van der Waals surface area contributed by atoms with E-state index in [-0.39, 0.29) is 0 Å². The smallest absolute Gasteiger partial charge is 0.225 e. The van der Waals surface area contributed by atoms with Gasteiger partial charge in [0, 0.05) is 58.4 Å². The molecule has 110 valence electrons. The van der Waals surface area contributed by atoms with Gasteiger partial charge >= 0.3 is 0 Å². The van der Waals surface area contributed by atoms with Gasteiger partial charge in [0.15, 0.2) is 0 Å². The van der Waals surface area contributed by atoms with Crippen LogP contribution in [0.1, 0.15) is 5.56 Å². The Balaban J connectivity index is 1.53. The van der Waals surface area contributed by atoms with Crippen LogP contribution in [0.15, 0.2) is 36.8 Å². The van der Waals surface area contributed by atoms with Gasteiger partial charge in [0.2, 0.25) is 5.95 Å². The van der Waals surface area contributed by atoms with E-state index in [2.05, 4.69) is 36.1 Å². The molecule has 1 saturated heterocycles. The summed E-state index contributed by atoms with van der Waals surface area (Å²) in [6.45, 7) is 4.91. The Morgan fingerprint density at radius 3 is 2.43 bits per heavy atom. The van der Waals surface area contributed by atoms with Crippen LogP contribution in [0.3, 0.4) is 0 Å². The number of hydrogen-bond acceptors (Lipinski definition) is 6. The summed E-state index contributed by atoms with van der Waals surface area (Å²) < 4.78 is 0. The van der Waals surface area contributed by atoms with E-state index in [4.69, 9.17) is 0 Å². The molecule has 3 rings (SSSR count). The van der Waals surface area contributed by atoms with E-state index >= 15 is 0 Å². The summed E-state index contributed by atoms with van der Waals surface area (Å²) >= 11 is 0. The highest BCUT2D eigenvalue weighted by Crippen LogP contribution is 2.13. The number of hydrogen-bond donors (Lipinski definition) is 1. The van der Waals surface area contributed by atoms with Gasteiger partial charge in [-0.05, 0) is 17.7 Å². The van der Waals surface area contributed by atoms with Crippen molar-refractivity contribution in [1.29, 1.82) is 0 Å². The van der Waals surface area contributed by atoms with E-state index in [9.17, 15) is 0 Å². The maximum atomic E-state index is 4.36. The molecule has 2 aromatic heterocycles. The summed E-state index contributed by atoms with van der Waals surface area (Å²) in [6.07, 6.45) is 5.53. The molecule has 1 aliphatic rings. The van der Waals surface area contributed by atoms with Crippen LogP contribution < -0.4 is 10.2 Å². The molecule has 1 aliphatic heterocycles. The molecule has 0 unspecified atom stereocenters. The van der Waals surface area contributed by atoms with E-state index in [0.29, 0.717) is 0 Å². The van der Waals surface area contributed by atoms with Crippen molar-refractivity contribution in [2.75, 3.05) is 43.4 Å². The summed E-state index contributed by atoms with van der Waals surface area (Å²) in [4.78, 5) is 17.7. The van der Waals surface area contributed by atoms with Gasteiger partial charge in [-0.25, -0.2) is 15.0 Å². The number of piperazine rings is 1. The number of rotatable bonds is 4. The van der Waals surface area contributed by atoms with Crippen molar-refractivity contribution in [3.05, 3.63) is 42.4 Å². The molecule has 1 fully saturated rings. The van der Waals surface area contributed by atoms with Gasteiger partial charge in [-0.15, -0.1) is 0 Å². The van der Waals surface area contributed by atoms with Crippen molar-refractivity contribution in [1.82, 2.24) is 19.9 Å². The minimum Gasteiger partial charge on any atom is -0.373 e. The van der Waals surface area contributed by atoms with Crippen LogP contribution in [0.5, 0.6) is 0 Å². The first kappa shape index (κ1) is 13.8. The zero-order valence-electron chi connectivity index (χ0n) is 12.2. The van der Waals surface area contributed by atoms with Crippen molar-refractivity contribution in [2.45, 2.75) is 6.54 Å². The van der Waals surface area contributed by atoms with E-state index in [1.807, 2.05) is 25.4 Å². The van der Waals surface area contributed by atoms with Crippen LogP contribution in [0.4, 0.5) is 11.8 Å². The molecule has 0 amide bonds. The number of nitrogens with one attached hydrogen (secondary N) is 1. The lowest BCUT2D eigenvalue weighted by Crippen LogP contribution is -2.46. The summed E-state index contributed by atoms with van der Waals surface area (Å²) in [7, 11) is 1.88. The van der Waals surface area contributed by atoms with Crippen molar-refractivity contribution in [3.63, 3.8) is 0 Å². The molecule has 6 nitrogen and oxygen atoms in total. The first-order chi connectivity index (χ1) is 10.3. The summed E-state index contributed by atoms with van der Waals surface area (Å²) in [5.41, 5.74) is 1.25. The second-order valence-electron chi connectivity index (χ2n) is 5.11. The van der Waals surface area contributed by atoms with E-state index < -0.39 is 0 Å². The first-order valence-corrected chi connectivity index (χ1v) is 7.22. The molecule has 0 aromatic carbocycles. The van der Waals surface area contributed by atoms with Crippen LogP contribution in [0.25, 0.3) is 0 Å². The van der Waals surface area contributed by atoms with Crippen molar-refractivity contribution >= 4 is 11.8 Å². The quantitative estimate of drug-likeness (QED) is 0.911. The number of pyridine rings is 1. The van der Waals surface area contributed by atoms with Gasteiger partial charge in [-0.1, -0.05) is 6.07 Å². The maximum absolute atomic E-state index is 4.36. The molecule has 0 radical (unpaired) electrons. The van der Waals surface area contributed by atoms with E-state index in [1.54, 1.807) is 12.4 Å². The third-order valence-corrected chi connectivity index (χ3v) is 3.69. The van der Waals surface area contributed by atoms with Crippen LogP contribution >= 0.6 is 0 Å². The molecule has 1 N–H and O–H groups in total. The zero-order chi connectivity index (χ0) is 14.5. The minimum absolute atomic E-state index is 0.831. The molecule has 0 atom stereocenters. The highest BCUT2D eigenvalue weighted by Gasteiger charge is 2.18. The first-order valence-electron chi connectivity index (χ1n) is 7.22. The minimum atomic E-state index is 0.831. The molecule has 3 heterocycles. The molecule has 21 heavy (non-hydrogen) atoms. The Kier molecular flexibility index (Phi) is 4.25. The summed E-state index contributed by atoms with van der Waals surface area (Å²) in [5, 5.41) is 3.04. The van der Waals surface area contributed by atoms with Gasteiger partial charge in [0.1, 0.15) is 5.82 Å². The van der Waals surface area contributed by atoms with Crippen molar-refractivity contribution < 1.29 is 0 Å². The molecular weight excluding hydrogens is 264 g/mol. The average Bonchev–Trinajstić information content (AvgIpc) is 2.57.